The van der Waals surface area contributed by atoms with E-state index in [4.69, 9.17) is 0 Å². The van der Waals surface area contributed by atoms with Gasteiger partial charge in [0.15, 0.2) is 15.3 Å². The monoisotopic (exact) mass is 345 g/mol. The minimum atomic E-state index is -4.04. The van der Waals surface area contributed by atoms with Crippen molar-refractivity contribution >= 4 is 15.8 Å². The minimum absolute atomic E-state index is 0.0412. The van der Waals surface area contributed by atoms with E-state index in [1.165, 1.54) is 36.4 Å². The summed E-state index contributed by atoms with van der Waals surface area (Å²) in [5.41, 5.74) is -1.77. The maximum atomic E-state index is 13.1. The molecule has 1 saturated carbocycles. The molecule has 2 aromatic carbocycles. The minimum Gasteiger partial charge on any atom is -0.480 e. The fraction of sp³-hybridized carbons (Fsp3) is 0.176. The molecule has 24 heavy (non-hydrogen) atoms. The smallest absolute Gasteiger partial charge is 0.326 e. The number of sulfone groups is 1. The Kier molecular flexibility index (Phi) is 3.65. The molecule has 0 aliphatic heterocycles. The van der Waals surface area contributed by atoms with Crippen molar-refractivity contribution in [1.82, 2.24) is 0 Å². The molecule has 1 fully saturated rings. The van der Waals surface area contributed by atoms with Crippen LogP contribution in [0.3, 0.4) is 0 Å². The third-order valence-corrected chi connectivity index (χ3v) is 6.55. The van der Waals surface area contributed by atoms with Crippen molar-refractivity contribution in [1.29, 1.82) is 5.26 Å². The van der Waals surface area contributed by atoms with Crippen molar-refractivity contribution in [3.63, 3.8) is 0 Å². The first-order valence-corrected chi connectivity index (χ1v) is 8.59. The van der Waals surface area contributed by atoms with Crippen molar-refractivity contribution < 1.29 is 22.7 Å². The number of aliphatic carboxylic acids is 1. The largest absolute Gasteiger partial charge is 0.480 e. The van der Waals surface area contributed by atoms with Gasteiger partial charge in [-0.1, -0.05) is 30.3 Å². The number of halogens is 1. The van der Waals surface area contributed by atoms with Crippen molar-refractivity contribution in [2.45, 2.75) is 16.1 Å². The van der Waals surface area contributed by atoms with Gasteiger partial charge in [-0.3, -0.25) is 4.79 Å². The first kappa shape index (κ1) is 16.1. The molecule has 122 valence electrons. The third-order valence-electron chi connectivity index (χ3n) is 4.31. The van der Waals surface area contributed by atoms with Crippen LogP contribution in [0.15, 0.2) is 59.5 Å². The topological polar surface area (TPSA) is 95.2 Å². The lowest BCUT2D eigenvalue weighted by Gasteiger charge is -2.04. The van der Waals surface area contributed by atoms with Gasteiger partial charge in [-0.25, -0.2) is 12.8 Å². The van der Waals surface area contributed by atoms with Crippen LogP contribution < -0.4 is 0 Å². The molecule has 3 rings (SSSR count). The summed E-state index contributed by atoms with van der Waals surface area (Å²) >= 11 is 0. The summed E-state index contributed by atoms with van der Waals surface area (Å²) in [5.74, 6) is -3.07. The van der Waals surface area contributed by atoms with Crippen LogP contribution >= 0.6 is 0 Å². The van der Waals surface area contributed by atoms with E-state index in [0.29, 0.717) is 5.56 Å². The van der Waals surface area contributed by atoms with Crippen LogP contribution in [0.1, 0.15) is 11.5 Å². The number of nitrogens with zero attached hydrogens (tertiary/aromatic N) is 1. The number of carboxylic acid groups (broad SMARTS) is 1. The van der Waals surface area contributed by atoms with E-state index in [9.17, 15) is 28.0 Å². The molecule has 1 aliphatic carbocycles. The summed E-state index contributed by atoms with van der Waals surface area (Å²) in [7, 11) is -4.04. The molecule has 1 N–H and O–H groups in total. The molecular weight excluding hydrogens is 333 g/mol. The number of hydrogen-bond acceptors (Lipinski definition) is 4. The fourth-order valence-corrected chi connectivity index (χ4v) is 5.35. The predicted molar refractivity (Wildman–Crippen MR) is 82.2 cm³/mol. The van der Waals surface area contributed by atoms with Crippen LogP contribution in [0.25, 0.3) is 0 Å². The number of carbonyl (C=O) groups is 1. The van der Waals surface area contributed by atoms with Gasteiger partial charge in [-0.2, -0.15) is 5.26 Å². The van der Waals surface area contributed by atoms with Gasteiger partial charge in [-0.15, -0.1) is 0 Å². The first-order valence-electron chi connectivity index (χ1n) is 7.04. The SMILES string of the molecule is N#C[C@@]1(C(=O)O)[C@@H](c2ccc(F)cc2)[C@@H]1S(=O)(=O)c1ccccc1. The van der Waals surface area contributed by atoms with Crippen LogP contribution in [0, 0.1) is 22.6 Å². The zero-order chi connectivity index (χ0) is 17.5. The second kappa shape index (κ2) is 5.42. The molecule has 0 spiro atoms. The summed E-state index contributed by atoms with van der Waals surface area (Å²) in [6.07, 6.45) is 0. The molecule has 3 atom stereocenters. The second-order valence-corrected chi connectivity index (χ2v) is 7.66. The molecule has 7 heteroatoms. The van der Waals surface area contributed by atoms with Gasteiger partial charge in [0.2, 0.25) is 0 Å². The molecule has 0 saturated heterocycles. The van der Waals surface area contributed by atoms with Crippen LogP contribution in [0.5, 0.6) is 0 Å². The van der Waals surface area contributed by atoms with Gasteiger partial charge in [0.25, 0.3) is 0 Å². The fourth-order valence-electron chi connectivity index (χ4n) is 3.08. The second-order valence-electron chi connectivity index (χ2n) is 5.59. The average molecular weight is 345 g/mol. The van der Waals surface area contributed by atoms with E-state index in [1.54, 1.807) is 12.1 Å². The summed E-state index contributed by atoms with van der Waals surface area (Å²) in [6.45, 7) is 0. The molecule has 0 amide bonds. The van der Waals surface area contributed by atoms with Gasteiger partial charge in [0.05, 0.1) is 11.0 Å². The third kappa shape index (κ3) is 2.19. The molecule has 0 bridgehead atoms. The van der Waals surface area contributed by atoms with Gasteiger partial charge in [0.1, 0.15) is 11.1 Å². The van der Waals surface area contributed by atoms with Crippen molar-refractivity contribution in [3.05, 3.63) is 66.0 Å². The number of rotatable bonds is 4. The highest BCUT2D eigenvalue weighted by atomic mass is 32.2. The lowest BCUT2D eigenvalue weighted by Crippen LogP contribution is -2.22. The molecule has 0 radical (unpaired) electrons. The molecule has 2 aromatic rings. The highest BCUT2D eigenvalue weighted by Crippen LogP contribution is 2.63. The summed E-state index contributed by atoms with van der Waals surface area (Å²) in [6, 6.07) is 13.9. The van der Waals surface area contributed by atoms with Crippen LogP contribution in [-0.2, 0) is 14.6 Å². The maximum Gasteiger partial charge on any atom is 0.326 e. The van der Waals surface area contributed by atoms with Crippen LogP contribution in [0.2, 0.25) is 0 Å². The standard InChI is InChI=1S/C17H12FNO4S/c18-12-8-6-11(7-9-12)14-15(17(14,10-19)16(20)21)24(22,23)13-4-2-1-3-5-13/h1-9,14-15H,(H,20,21)/t14-,15-,17+/m0/s1. The number of carboxylic acids is 1. The highest BCUT2D eigenvalue weighted by Gasteiger charge is 2.77. The summed E-state index contributed by atoms with van der Waals surface area (Å²) in [4.78, 5) is 11.7. The molecular formula is C17H12FNO4S. The average Bonchev–Trinajstić information content (AvgIpc) is 3.28. The Bertz CT molecular complexity index is 935. The Balaban J connectivity index is 2.13. The number of nitriles is 1. The molecule has 0 aromatic heterocycles. The van der Waals surface area contributed by atoms with E-state index in [-0.39, 0.29) is 4.90 Å². The lowest BCUT2D eigenvalue weighted by molar-refractivity contribution is -0.141. The number of benzene rings is 2. The van der Waals surface area contributed by atoms with Crippen LogP contribution in [0.4, 0.5) is 4.39 Å². The summed E-state index contributed by atoms with van der Waals surface area (Å²) < 4.78 is 38.8. The van der Waals surface area contributed by atoms with Crippen LogP contribution in [-0.4, -0.2) is 24.7 Å². The van der Waals surface area contributed by atoms with Crippen molar-refractivity contribution in [2.24, 2.45) is 5.41 Å². The molecule has 0 heterocycles. The molecule has 1 aliphatic rings. The Morgan fingerprint density at radius 1 is 1.12 bits per heavy atom. The first-order chi connectivity index (χ1) is 11.4. The zero-order valence-corrected chi connectivity index (χ0v) is 13.1. The Morgan fingerprint density at radius 3 is 2.21 bits per heavy atom. The quantitative estimate of drug-likeness (QED) is 0.918. The zero-order valence-electron chi connectivity index (χ0n) is 12.3. The Labute approximate surface area is 137 Å². The van der Waals surface area contributed by atoms with E-state index in [1.807, 2.05) is 0 Å². The lowest BCUT2D eigenvalue weighted by atomic mass is 10.0. The molecule has 5 nitrogen and oxygen atoms in total. The molecule has 0 unspecified atom stereocenters. The van der Waals surface area contributed by atoms with Crippen molar-refractivity contribution in [2.75, 3.05) is 0 Å². The van der Waals surface area contributed by atoms with Gasteiger partial charge in [-0.05, 0) is 29.8 Å². The highest BCUT2D eigenvalue weighted by molar-refractivity contribution is 7.92. The Morgan fingerprint density at radius 2 is 1.71 bits per heavy atom. The summed E-state index contributed by atoms with van der Waals surface area (Å²) in [5, 5.41) is 17.5. The predicted octanol–water partition coefficient (Wildman–Crippen LogP) is 2.36. The van der Waals surface area contributed by atoms with E-state index < -0.39 is 38.2 Å². The van der Waals surface area contributed by atoms with E-state index >= 15 is 0 Å². The normalized spacial score (nSPS) is 25.7. The van der Waals surface area contributed by atoms with Gasteiger partial charge < -0.3 is 5.11 Å². The maximum absolute atomic E-state index is 13.1. The number of hydrogen-bond donors (Lipinski definition) is 1. The van der Waals surface area contributed by atoms with Crippen molar-refractivity contribution in [3.8, 4) is 6.07 Å². The van der Waals surface area contributed by atoms with Gasteiger partial charge in [0, 0.05) is 5.92 Å². The Hall–Kier alpha value is -2.72. The van der Waals surface area contributed by atoms with E-state index in [2.05, 4.69) is 0 Å². The van der Waals surface area contributed by atoms with E-state index in [0.717, 1.165) is 12.1 Å². The van der Waals surface area contributed by atoms with Gasteiger partial charge >= 0.3 is 5.97 Å².